The molecule has 1 aliphatic heterocycles. The molecule has 2 atom stereocenters. The van der Waals surface area contributed by atoms with Crippen molar-refractivity contribution in [2.45, 2.75) is 24.6 Å². The SMILES string of the molecule is CN1CCC(c2cccc(C(F)(F)F)c2)C(O)C1. The Bertz CT molecular complexity index is 419. The van der Waals surface area contributed by atoms with Crippen molar-refractivity contribution in [3.8, 4) is 0 Å². The van der Waals surface area contributed by atoms with Crippen LogP contribution < -0.4 is 0 Å². The number of halogens is 3. The van der Waals surface area contributed by atoms with Crippen molar-refractivity contribution in [3.63, 3.8) is 0 Å². The lowest BCUT2D eigenvalue weighted by Gasteiger charge is -2.34. The van der Waals surface area contributed by atoms with Crippen molar-refractivity contribution < 1.29 is 18.3 Å². The molecule has 5 heteroatoms. The zero-order valence-corrected chi connectivity index (χ0v) is 10.1. The Morgan fingerprint density at radius 2 is 2.06 bits per heavy atom. The first kappa shape index (κ1) is 13.4. The minimum Gasteiger partial charge on any atom is -0.391 e. The van der Waals surface area contributed by atoms with Crippen molar-refractivity contribution in [2.75, 3.05) is 20.1 Å². The van der Waals surface area contributed by atoms with Crippen molar-refractivity contribution in [1.29, 1.82) is 0 Å². The first-order valence-corrected chi connectivity index (χ1v) is 5.91. The first-order chi connectivity index (χ1) is 8.38. The largest absolute Gasteiger partial charge is 0.416 e. The van der Waals surface area contributed by atoms with Gasteiger partial charge in [0.1, 0.15) is 0 Å². The molecule has 0 amide bonds. The molecule has 1 aromatic carbocycles. The summed E-state index contributed by atoms with van der Waals surface area (Å²) in [5.41, 5.74) is -0.0726. The molecule has 18 heavy (non-hydrogen) atoms. The Morgan fingerprint density at radius 1 is 1.33 bits per heavy atom. The molecule has 1 aromatic rings. The number of piperidine rings is 1. The van der Waals surface area contributed by atoms with Crippen LogP contribution in [0.15, 0.2) is 24.3 Å². The maximum absolute atomic E-state index is 12.6. The lowest BCUT2D eigenvalue weighted by atomic mass is 9.86. The highest BCUT2D eigenvalue weighted by atomic mass is 19.4. The summed E-state index contributed by atoms with van der Waals surface area (Å²) in [5.74, 6) is -0.205. The fourth-order valence-corrected chi connectivity index (χ4v) is 2.42. The smallest absolute Gasteiger partial charge is 0.391 e. The van der Waals surface area contributed by atoms with E-state index in [2.05, 4.69) is 0 Å². The number of alkyl halides is 3. The molecule has 2 rings (SSSR count). The van der Waals surface area contributed by atoms with Crippen LogP contribution in [0, 0.1) is 0 Å². The fraction of sp³-hybridized carbons (Fsp3) is 0.538. The summed E-state index contributed by atoms with van der Waals surface area (Å²) in [7, 11) is 1.89. The molecule has 0 saturated carbocycles. The van der Waals surface area contributed by atoms with Gasteiger partial charge in [0.2, 0.25) is 0 Å². The Morgan fingerprint density at radius 3 is 2.67 bits per heavy atom. The van der Waals surface area contributed by atoms with Gasteiger partial charge >= 0.3 is 6.18 Å². The molecule has 1 heterocycles. The van der Waals surface area contributed by atoms with E-state index < -0.39 is 17.8 Å². The van der Waals surface area contributed by atoms with E-state index >= 15 is 0 Å². The van der Waals surface area contributed by atoms with Crippen molar-refractivity contribution in [1.82, 2.24) is 4.90 Å². The Kier molecular flexibility index (Phi) is 3.64. The predicted molar refractivity (Wildman–Crippen MR) is 62.3 cm³/mol. The molecule has 2 nitrogen and oxygen atoms in total. The van der Waals surface area contributed by atoms with E-state index in [4.69, 9.17) is 0 Å². The van der Waals surface area contributed by atoms with E-state index in [0.717, 1.165) is 18.7 Å². The summed E-state index contributed by atoms with van der Waals surface area (Å²) < 4.78 is 37.9. The van der Waals surface area contributed by atoms with Crippen LogP contribution in [-0.2, 0) is 6.18 Å². The number of hydrogen-bond acceptors (Lipinski definition) is 2. The molecule has 1 aliphatic rings. The van der Waals surface area contributed by atoms with Gasteiger partial charge in [-0.25, -0.2) is 0 Å². The number of rotatable bonds is 1. The summed E-state index contributed by atoms with van der Waals surface area (Å²) in [6.45, 7) is 1.29. The van der Waals surface area contributed by atoms with Crippen LogP contribution in [0.25, 0.3) is 0 Å². The summed E-state index contributed by atoms with van der Waals surface area (Å²) in [4.78, 5) is 1.98. The van der Waals surface area contributed by atoms with Crippen LogP contribution in [0.5, 0.6) is 0 Å². The number of β-amino-alcohol motifs (C(OH)–C–C–N with tert-alkyl or cyclic N) is 1. The van der Waals surface area contributed by atoms with Crippen molar-refractivity contribution in [3.05, 3.63) is 35.4 Å². The van der Waals surface area contributed by atoms with Crippen molar-refractivity contribution in [2.24, 2.45) is 0 Å². The summed E-state index contributed by atoms with van der Waals surface area (Å²) in [5, 5.41) is 9.96. The standard InChI is InChI=1S/C13H16F3NO/c1-17-6-5-11(12(18)8-17)9-3-2-4-10(7-9)13(14,15)16/h2-4,7,11-12,18H,5-6,8H2,1H3. The zero-order chi connectivity index (χ0) is 13.3. The number of aliphatic hydroxyl groups is 1. The van der Waals surface area contributed by atoms with Gasteiger partial charge in [-0.1, -0.05) is 18.2 Å². The normalized spacial score (nSPS) is 26.3. The summed E-state index contributed by atoms with van der Waals surface area (Å²) in [6.07, 6.45) is -4.25. The number of benzene rings is 1. The highest BCUT2D eigenvalue weighted by molar-refractivity contribution is 5.29. The van der Waals surface area contributed by atoms with Crippen LogP contribution in [0.3, 0.4) is 0 Å². The van der Waals surface area contributed by atoms with Gasteiger partial charge in [-0.05, 0) is 31.6 Å². The molecule has 0 radical (unpaired) electrons. The average molecular weight is 259 g/mol. The van der Waals surface area contributed by atoms with E-state index in [1.807, 2.05) is 11.9 Å². The highest BCUT2D eigenvalue weighted by Gasteiger charge is 2.32. The monoisotopic (exact) mass is 259 g/mol. The molecule has 0 bridgehead atoms. The minimum absolute atomic E-state index is 0.205. The molecule has 100 valence electrons. The van der Waals surface area contributed by atoms with E-state index in [1.54, 1.807) is 6.07 Å². The van der Waals surface area contributed by atoms with Gasteiger partial charge in [0.25, 0.3) is 0 Å². The summed E-state index contributed by atoms with van der Waals surface area (Å²) in [6, 6.07) is 5.28. The van der Waals surface area contributed by atoms with Gasteiger partial charge in [0.05, 0.1) is 11.7 Å². The second kappa shape index (κ2) is 4.90. The van der Waals surface area contributed by atoms with E-state index in [-0.39, 0.29) is 5.92 Å². The average Bonchev–Trinajstić information content (AvgIpc) is 2.28. The lowest BCUT2D eigenvalue weighted by Crippen LogP contribution is -2.40. The van der Waals surface area contributed by atoms with E-state index in [9.17, 15) is 18.3 Å². The topological polar surface area (TPSA) is 23.5 Å². The molecule has 2 unspecified atom stereocenters. The highest BCUT2D eigenvalue weighted by Crippen LogP contribution is 2.34. The van der Waals surface area contributed by atoms with Crippen LogP contribution in [0.1, 0.15) is 23.5 Å². The Labute approximate surface area is 104 Å². The van der Waals surface area contributed by atoms with Crippen LogP contribution in [0.4, 0.5) is 13.2 Å². The fourth-order valence-electron chi connectivity index (χ4n) is 2.42. The van der Waals surface area contributed by atoms with Gasteiger partial charge in [0, 0.05) is 12.5 Å². The van der Waals surface area contributed by atoms with Gasteiger partial charge < -0.3 is 10.0 Å². The van der Waals surface area contributed by atoms with Crippen LogP contribution in [0.2, 0.25) is 0 Å². The quantitative estimate of drug-likeness (QED) is 0.837. The second-order valence-electron chi connectivity index (χ2n) is 4.85. The van der Waals surface area contributed by atoms with Gasteiger partial charge in [-0.3, -0.25) is 0 Å². The van der Waals surface area contributed by atoms with Gasteiger partial charge in [0.15, 0.2) is 0 Å². The predicted octanol–water partition coefficient (Wildman–Crippen LogP) is 2.49. The van der Waals surface area contributed by atoms with E-state index in [1.165, 1.54) is 6.07 Å². The van der Waals surface area contributed by atoms with Crippen molar-refractivity contribution >= 4 is 0 Å². The minimum atomic E-state index is -4.33. The van der Waals surface area contributed by atoms with Gasteiger partial charge in [-0.2, -0.15) is 13.2 Å². The molecule has 1 saturated heterocycles. The summed E-state index contributed by atoms with van der Waals surface area (Å²) >= 11 is 0. The number of hydrogen-bond donors (Lipinski definition) is 1. The van der Waals surface area contributed by atoms with Gasteiger partial charge in [-0.15, -0.1) is 0 Å². The lowest BCUT2D eigenvalue weighted by molar-refractivity contribution is -0.137. The third-order valence-corrected chi connectivity index (χ3v) is 3.43. The maximum Gasteiger partial charge on any atom is 0.416 e. The molecule has 1 fully saturated rings. The number of likely N-dealkylation sites (N-methyl/N-ethyl adjacent to an activating group) is 1. The number of nitrogens with zero attached hydrogens (tertiary/aromatic N) is 1. The number of likely N-dealkylation sites (tertiary alicyclic amines) is 1. The van der Waals surface area contributed by atoms with Crippen LogP contribution >= 0.6 is 0 Å². The third kappa shape index (κ3) is 2.84. The van der Waals surface area contributed by atoms with Crippen LogP contribution in [-0.4, -0.2) is 36.2 Å². The molecule has 0 aliphatic carbocycles. The molecule has 0 aromatic heterocycles. The second-order valence-corrected chi connectivity index (χ2v) is 4.85. The molecule has 1 N–H and O–H groups in total. The maximum atomic E-state index is 12.6. The Balaban J connectivity index is 2.23. The first-order valence-electron chi connectivity index (χ1n) is 5.91. The Hall–Kier alpha value is -1.07. The molecule has 0 spiro atoms. The third-order valence-electron chi connectivity index (χ3n) is 3.43. The molecular formula is C13H16F3NO. The molecular weight excluding hydrogens is 243 g/mol. The van der Waals surface area contributed by atoms with E-state index in [0.29, 0.717) is 18.5 Å². The number of aliphatic hydroxyl groups excluding tert-OH is 1. The zero-order valence-electron chi connectivity index (χ0n) is 10.1.